The van der Waals surface area contributed by atoms with E-state index in [1.54, 1.807) is 23.5 Å². The largest absolute Gasteiger partial charge is 0.317 e. The fourth-order valence-electron chi connectivity index (χ4n) is 2.88. The average molecular weight is 389 g/mol. The Balaban J connectivity index is 2.06. The summed E-state index contributed by atoms with van der Waals surface area (Å²) in [5, 5.41) is 2.09. The Morgan fingerprint density at radius 2 is 1.69 bits per heavy atom. The van der Waals surface area contributed by atoms with Crippen LogP contribution in [0.15, 0.2) is 57.7 Å². The van der Waals surface area contributed by atoms with Crippen molar-refractivity contribution in [1.29, 1.82) is 0 Å². The van der Waals surface area contributed by atoms with Gasteiger partial charge in [-0.3, -0.25) is 4.55 Å². The quantitative estimate of drug-likeness (QED) is 0.676. The Bertz CT molecular complexity index is 1090. The summed E-state index contributed by atoms with van der Waals surface area (Å²) in [5.41, 5.74) is 5.33. The summed E-state index contributed by atoms with van der Waals surface area (Å²) in [6.07, 6.45) is 0. The van der Waals surface area contributed by atoms with Gasteiger partial charge >= 0.3 is 0 Å². The van der Waals surface area contributed by atoms with Crippen LogP contribution in [-0.4, -0.2) is 17.5 Å². The fraction of sp³-hybridized carbons (Fsp3) is 0.211. The molecule has 0 fully saturated rings. The highest BCUT2D eigenvalue weighted by Gasteiger charge is 2.10. The molecule has 5 nitrogen and oxygen atoms in total. The van der Waals surface area contributed by atoms with Crippen molar-refractivity contribution in [3.63, 3.8) is 0 Å². The van der Waals surface area contributed by atoms with Crippen LogP contribution in [-0.2, 0) is 16.7 Å². The van der Waals surface area contributed by atoms with E-state index in [-0.39, 0.29) is 4.90 Å². The average Bonchev–Trinajstić information content (AvgIpc) is 2.96. The normalized spacial score (nSPS) is 12.5. The summed E-state index contributed by atoms with van der Waals surface area (Å²) in [6.45, 7) is 7.01. The molecule has 2 aromatic carbocycles. The standard InChI is InChI=1S/C19H20N2O3S2/c1-4-21-18(15-10-13(2)9-14(3)11-15)12-25-19(21)20-16-5-7-17(8-6-16)26(22,23)24/h5-12H,4H2,1-3H3,(H,22,23,24)/b20-19-. The molecule has 1 N–H and O–H groups in total. The van der Waals surface area contributed by atoms with Crippen LogP contribution >= 0.6 is 11.3 Å². The molecule has 1 heterocycles. The smallest absolute Gasteiger partial charge is 0.294 e. The lowest BCUT2D eigenvalue weighted by atomic mass is 10.1. The number of thiazole rings is 1. The van der Waals surface area contributed by atoms with Crippen molar-refractivity contribution in [3.05, 3.63) is 63.8 Å². The molecular formula is C19H20N2O3S2. The number of nitrogens with zero attached hydrogens (tertiary/aromatic N) is 2. The highest BCUT2D eigenvalue weighted by Crippen LogP contribution is 2.24. The first-order chi connectivity index (χ1) is 12.3. The number of aromatic nitrogens is 1. The zero-order valence-corrected chi connectivity index (χ0v) is 16.4. The number of hydrogen-bond acceptors (Lipinski definition) is 4. The van der Waals surface area contributed by atoms with E-state index in [0.717, 1.165) is 22.6 Å². The second kappa shape index (κ2) is 7.19. The molecule has 0 saturated heterocycles. The Morgan fingerprint density at radius 3 is 2.23 bits per heavy atom. The van der Waals surface area contributed by atoms with Gasteiger partial charge in [-0.2, -0.15) is 8.42 Å². The van der Waals surface area contributed by atoms with Crippen LogP contribution in [0.4, 0.5) is 5.69 Å². The minimum absolute atomic E-state index is 0.137. The molecule has 0 unspecified atom stereocenters. The van der Waals surface area contributed by atoms with Gasteiger partial charge in [-0.1, -0.05) is 17.2 Å². The molecule has 0 aliphatic carbocycles. The Morgan fingerprint density at radius 1 is 1.08 bits per heavy atom. The van der Waals surface area contributed by atoms with E-state index in [1.165, 1.54) is 23.3 Å². The molecule has 3 aromatic rings. The second-order valence-electron chi connectivity index (χ2n) is 6.10. The predicted octanol–water partition coefficient (Wildman–Crippen LogP) is 4.33. The third-order valence-electron chi connectivity index (χ3n) is 3.99. The van der Waals surface area contributed by atoms with E-state index < -0.39 is 10.1 Å². The van der Waals surface area contributed by atoms with Gasteiger partial charge in [0.15, 0.2) is 4.80 Å². The number of rotatable bonds is 4. The Kier molecular flexibility index (Phi) is 5.13. The van der Waals surface area contributed by atoms with E-state index in [9.17, 15) is 8.42 Å². The van der Waals surface area contributed by atoms with Gasteiger partial charge in [0.2, 0.25) is 0 Å². The molecule has 0 atom stereocenters. The van der Waals surface area contributed by atoms with E-state index in [2.05, 4.69) is 53.9 Å². The van der Waals surface area contributed by atoms with E-state index >= 15 is 0 Å². The molecule has 26 heavy (non-hydrogen) atoms. The monoisotopic (exact) mass is 388 g/mol. The lowest BCUT2D eigenvalue weighted by molar-refractivity contribution is 0.483. The van der Waals surface area contributed by atoms with Crippen molar-refractivity contribution in [2.75, 3.05) is 0 Å². The molecule has 0 bridgehead atoms. The minimum atomic E-state index is -4.19. The minimum Gasteiger partial charge on any atom is -0.317 e. The van der Waals surface area contributed by atoms with Crippen molar-refractivity contribution in [3.8, 4) is 11.3 Å². The number of hydrogen-bond donors (Lipinski definition) is 1. The summed E-state index contributed by atoms with van der Waals surface area (Å²) in [6, 6.07) is 12.3. The van der Waals surface area contributed by atoms with Crippen LogP contribution < -0.4 is 4.80 Å². The van der Waals surface area contributed by atoms with Gasteiger partial charge in [0.25, 0.3) is 10.1 Å². The van der Waals surface area contributed by atoms with Crippen molar-refractivity contribution in [2.24, 2.45) is 4.99 Å². The van der Waals surface area contributed by atoms with Gasteiger partial charge in [-0.25, -0.2) is 4.99 Å². The molecule has 0 amide bonds. The molecule has 0 saturated carbocycles. The molecule has 3 rings (SSSR count). The van der Waals surface area contributed by atoms with Gasteiger partial charge in [-0.05, 0) is 62.7 Å². The Hall–Kier alpha value is -2.22. The van der Waals surface area contributed by atoms with Gasteiger partial charge in [-0.15, -0.1) is 11.3 Å². The predicted molar refractivity (Wildman–Crippen MR) is 104 cm³/mol. The number of aryl methyl sites for hydroxylation is 2. The molecule has 0 aliphatic heterocycles. The second-order valence-corrected chi connectivity index (χ2v) is 8.36. The molecule has 0 spiro atoms. The maximum Gasteiger partial charge on any atom is 0.294 e. The third kappa shape index (κ3) is 3.95. The van der Waals surface area contributed by atoms with Gasteiger partial charge in [0.05, 0.1) is 16.3 Å². The highest BCUT2D eigenvalue weighted by molar-refractivity contribution is 7.85. The maximum absolute atomic E-state index is 11.1. The van der Waals surface area contributed by atoms with E-state index in [0.29, 0.717) is 5.69 Å². The summed E-state index contributed by atoms with van der Waals surface area (Å²) < 4.78 is 33.5. The molecule has 0 radical (unpaired) electrons. The van der Waals surface area contributed by atoms with Crippen molar-refractivity contribution in [2.45, 2.75) is 32.2 Å². The zero-order valence-electron chi connectivity index (χ0n) is 14.8. The Labute approximate surface area is 157 Å². The molecule has 136 valence electrons. The summed E-state index contributed by atoms with van der Waals surface area (Å²) >= 11 is 1.54. The van der Waals surface area contributed by atoms with Gasteiger partial charge < -0.3 is 4.57 Å². The summed E-state index contributed by atoms with van der Waals surface area (Å²) in [7, 11) is -4.19. The third-order valence-corrected chi connectivity index (χ3v) is 5.72. The highest BCUT2D eigenvalue weighted by atomic mass is 32.2. The summed E-state index contributed by atoms with van der Waals surface area (Å²) in [5.74, 6) is 0. The fourth-order valence-corrected chi connectivity index (χ4v) is 4.35. The first kappa shape index (κ1) is 18.6. The van der Waals surface area contributed by atoms with Gasteiger partial charge in [0.1, 0.15) is 0 Å². The van der Waals surface area contributed by atoms with Crippen molar-refractivity contribution < 1.29 is 13.0 Å². The molecule has 1 aromatic heterocycles. The van der Waals surface area contributed by atoms with Crippen LogP contribution in [0.3, 0.4) is 0 Å². The molecule has 0 aliphatic rings. The van der Waals surface area contributed by atoms with E-state index in [1.807, 2.05) is 0 Å². The lowest BCUT2D eigenvalue weighted by Gasteiger charge is -2.08. The zero-order chi connectivity index (χ0) is 18.9. The topological polar surface area (TPSA) is 71.7 Å². The lowest BCUT2D eigenvalue weighted by Crippen LogP contribution is -2.14. The first-order valence-electron chi connectivity index (χ1n) is 8.17. The van der Waals surface area contributed by atoms with Crippen LogP contribution in [0.5, 0.6) is 0 Å². The number of benzene rings is 2. The molecular weight excluding hydrogens is 368 g/mol. The molecule has 7 heteroatoms. The van der Waals surface area contributed by atoms with Crippen LogP contribution in [0.1, 0.15) is 18.1 Å². The first-order valence-corrected chi connectivity index (χ1v) is 10.5. The SMILES string of the molecule is CCn1c(-c2cc(C)cc(C)c2)cs/c1=N\c1ccc(S(=O)(=O)O)cc1. The van der Waals surface area contributed by atoms with Crippen molar-refractivity contribution >= 4 is 27.1 Å². The maximum atomic E-state index is 11.1. The van der Waals surface area contributed by atoms with Crippen molar-refractivity contribution in [1.82, 2.24) is 4.57 Å². The van der Waals surface area contributed by atoms with Crippen LogP contribution in [0, 0.1) is 13.8 Å². The van der Waals surface area contributed by atoms with E-state index in [4.69, 9.17) is 4.55 Å². The summed E-state index contributed by atoms with van der Waals surface area (Å²) in [4.78, 5) is 5.33. The van der Waals surface area contributed by atoms with Crippen LogP contribution in [0.2, 0.25) is 0 Å². The van der Waals surface area contributed by atoms with Crippen LogP contribution in [0.25, 0.3) is 11.3 Å². The van der Waals surface area contributed by atoms with Gasteiger partial charge in [0, 0.05) is 11.9 Å².